The number of hydrogen-bond acceptors (Lipinski definition) is 5. The summed E-state index contributed by atoms with van der Waals surface area (Å²) >= 11 is 0. The summed E-state index contributed by atoms with van der Waals surface area (Å²) in [4.78, 5) is 22.7. The highest BCUT2D eigenvalue weighted by Crippen LogP contribution is 2.38. The van der Waals surface area contributed by atoms with Crippen LogP contribution >= 0.6 is 0 Å². The van der Waals surface area contributed by atoms with Crippen molar-refractivity contribution in [1.29, 1.82) is 0 Å². The van der Waals surface area contributed by atoms with E-state index < -0.39 is 0 Å². The highest BCUT2D eigenvalue weighted by molar-refractivity contribution is 6.05. The summed E-state index contributed by atoms with van der Waals surface area (Å²) in [7, 11) is 1.60. The predicted octanol–water partition coefficient (Wildman–Crippen LogP) is 4.18. The lowest BCUT2D eigenvalue weighted by atomic mass is 10.0. The molecule has 1 saturated heterocycles. The first-order valence-electron chi connectivity index (χ1n) is 10.3. The van der Waals surface area contributed by atoms with Crippen molar-refractivity contribution in [2.75, 3.05) is 18.7 Å². The molecule has 0 bridgehead atoms. The summed E-state index contributed by atoms with van der Waals surface area (Å²) in [5.41, 5.74) is 6.26. The second-order valence-electron chi connectivity index (χ2n) is 7.61. The van der Waals surface area contributed by atoms with Crippen LogP contribution in [0.25, 0.3) is 22.0 Å². The van der Waals surface area contributed by atoms with Crippen LogP contribution in [-0.4, -0.2) is 34.7 Å². The van der Waals surface area contributed by atoms with Gasteiger partial charge in [0.05, 0.1) is 29.5 Å². The van der Waals surface area contributed by atoms with Gasteiger partial charge in [0.1, 0.15) is 0 Å². The van der Waals surface area contributed by atoms with Crippen LogP contribution in [0.1, 0.15) is 34.2 Å². The third-order valence-corrected chi connectivity index (χ3v) is 5.73. The lowest BCUT2D eigenvalue weighted by Gasteiger charge is -2.26. The van der Waals surface area contributed by atoms with Gasteiger partial charge in [-0.3, -0.25) is 19.7 Å². The van der Waals surface area contributed by atoms with Crippen LogP contribution in [0.4, 0.5) is 5.69 Å². The average Bonchev–Trinajstić information content (AvgIpc) is 3.46. The molecule has 4 aromatic rings. The maximum Gasteiger partial charge on any atom is 0.272 e. The first-order chi connectivity index (χ1) is 15.2. The van der Waals surface area contributed by atoms with Crippen molar-refractivity contribution in [3.8, 4) is 11.1 Å². The Bertz CT molecular complexity index is 1250. The van der Waals surface area contributed by atoms with Crippen molar-refractivity contribution in [2.45, 2.75) is 19.4 Å². The average molecular weight is 413 g/mol. The van der Waals surface area contributed by atoms with Crippen molar-refractivity contribution in [2.24, 2.45) is 0 Å². The van der Waals surface area contributed by atoms with E-state index in [0.29, 0.717) is 12.3 Å². The number of benzene rings is 2. The lowest BCUT2D eigenvalue weighted by Crippen LogP contribution is -2.22. The van der Waals surface area contributed by atoms with Crippen LogP contribution in [-0.2, 0) is 4.84 Å². The molecule has 1 aliphatic heterocycles. The molecule has 0 unspecified atom stereocenters. The van der Waals surface area contributed by atoms with Gasteiger partial charge in [-0.15, -0.1) is 0 Å². The number of aromatic amines is 1. The molecule has 5 rings (SSSR count). The maximum atomic E-state index is 12.0. The molecular formula is C24H23N5O2. The molecule has 2 aromatic heterocycles. The van der Waals surface area contributed by atoms with Crippen molar-refractivity contribution in [3.05, 3.63) is 77.7 Å². The first kappa shape index (κ1) is 19.3. The number of anilines is 1. The molecule has 1 fully saturated rings. The minimum Gasteiger partial charge on any atom is -0.354 e. The minimum absolute atomic E-state index is 0.155. The Morgan fingerprint density at radius 2 is 2.00 bits per heavy atom. The number of aryl methyl sites for hydroxylation is 1. The molecule has 31 heavy (non-hydrogen) atoms. The van der Waals surface area contributed by atoms with E-state index in [0.717, 1.165) is 39.8 Å². The smallest absolute Gasteiger partial charge is 0.272 e. The number of nitrogens with zero attached hydrogens (tertiary/aromatic N) is 3. The Balaban J connectivity index is 1.52. The zero-order chi connectivity index (χ0) is 21.4. The standard InChI is InChI=1S/C24H23N5O2/c1-15-22(29-21(10-11-31-29)16-6-4-3-5-7-16)13-18(14-26-15)17-8-9-19-20(12-17)27-28-23(19)24(30)25-2/h3-9,12-14,21H,10-11H2,1-2H3,(H,25,30)(H,27,28)/t21-/m0/s1. The molecule has 7 nitrogen and oxygen atoms in total. The monoisotopic (exact) mass is 413 g/mol. The number of fused-ring (bicyclic) bond motifs is 1. The third-order valence-electron chi connectivity index (χ3n) is 5.73. The van der Waals surface area contributed by atoms with Crippen LogP contribution < -0.4 is 10.4 Å². The van der Waals surface area contributed by atoms with E-state index in [1.54, 1.807) is 7.05 Å². The number of rotatable bonds is 4. The quantitative estimate of drug-likeness (QED) is 0.525. The molecule has 0 aliphatic carbocycles. The molecule has 156 valence electrons. The van der Waals surface area contributed by atoms with Gasteiger partial charge in [0.25, 0.3) is 5.91 Å². The SMILES string of the molecule is CNC(=O)c1n[nH]c2cc(-c3cnc(C)c(N4OCC[C@H]4c4ccccc4)c3)ccc12. The number of aromatic nitrogens is 3. The normalized spacial score (nSPS) is 16.1. The largest absolute Gasteiger partial charge is 0.354 e. The number of carbonyl (C=O) groups excluding carboxylic acids is 1. The molecule has 0 saturated carbocycles. The van der Waals surface area contributed by atoms with Gasteiger partial charge in [-0.25, -0.2) is 5.06 Å². The molecule has 0 radical (unpaired) electrons. The number of amides is 1. The van der Waals surface area contributed by atoms with Crippen molar-refractivity contribution in [3.63, 3.8) is 0 Å². The van der Waals surface area contributed by atoms with Gasteiger partial charge in [-0.2, -0.15) is 5.10 Å². The van der Waals surface area contributed by atoms with Crippen LogP contribution in [0, 0.1) is 6.92 Å². The van der Waals surface area contributed by atoms with E-state index in [1.165, 1.54) is 5.56 Å². The van der Waals surface area contributed by atoms with Gasteiger partial charge in [0.15, 0.2) is 5.69 Å². The van der Waals surface area contributed by atoms with Gasteiger partial charge < -0.3 is 5.32 Å². The Morgan fingerprint density at radius 3 is 2.81 bits per heavy atom. The number of nitrogens with one attached hydrogen (secondary N) is 2. The van der Waals surface area contributed by atoms with E-state index in [2.05, 4.69) is 50.8 Å². The molecule has 2 N–H and O–H groups in total. The molecule has 3 heterocycles. The molecule has 1 aliphatic rings. The summed E-state index contributed by atoms with van der Waals surface area (Å²) in [6.45, 7) is 2.67. The fraction of sp³-hybridized carbons (Fsp3) is 0.208. The van der Waals surface area contributed by atoms with Crippen LogP contribution in [0.3, 0.4) is 0 Å². The van der Waals surface area contributed by atoms with Gasteiger partial charge in [-0.05, 0) is 36.2 Å². The maximum absolute atomic E-state index is 12.0. The summed E-state index contributed by atoms with van der Waals surface area (Å²) in [6.07, 6.45) is 2.79. The molecule has 1 atom stereocenters. The Morgan fingerprint density at radius 1 is 1.16 bits per heavy atom. The Kier molecular flexibility index (Phi) is 4.88. The highest BCUT2D eigenvalue weighted by atomic mass is 16.7. The topological polar surface area (TPSA) is 83.1 Å². The summed E-state index contributed by atoms with van der Waals surface area (Å²) < 4.78 is 0. The molecular weight excluding hydrogens is 390 g/mol. The fourth-order valence-corrected chi connectivity index (χ4v) is 4.08. The summed E-state index contributed by atoms with van der Waals surface area (Å²) in [5, 5.41) is 12.5. The zero-order valence-corrected chi connectivity index (χ0v) is 17.4. The van der Waals surface area contributed by atoms with Gasteiger partial charge in [-0.1, -0.05) is 36.4 Å². The summed E-state index contributed by atoms with van der Waals surface area (Å²) in [5.74, 6) is -0.212. The molecule has 1 amide bonds. The van der Waals surface area contributed by atoms with Gasteiger partial charge in [0.2, 0.25) is 0 Å². The predicted molar refractivity (Wildman–Crippen MR) is 120 cm³/mol. The van der Waals surface area contributed by atoms with Crippen molar-refractivity contribution in [1.82, 2.24) is 20.5 Å². The number of hydrogen-bond donors (Lipinski definition) is 2. The first-order valence-corrected chi connectivity index (χ1v) is 10.3. The van der Waals surface area contributed by atoms with E-state index in [9.17, 15) is 4.79 Å². The van der Waals surface area contributed by atoms with Crippen LogP contribution in [0.15, 0.2) is 60.8 Å². The number of H-pyrrole nitrogens is 1. The number of pyridine rings is 1. The minimum atomic E-state index is -0.212. The highest BCUT2D eigenvalue weighted by Gasteiger charge is 2.29. The fourth-order valence-electron chi connectivity index (χ4n) is 4.08. The lowest BCUT2D eigenvalue weighted by molar-refractivity contribution is 0.0959. The van der Waals surface area contributed by atoms with E-state index in [1.807, 2.05) is 42.4 Å². The number of hydroxylamine groups is 1. The second-order valence-corrected chi connectivity index (χ2v) is 7.61. The second kappa shape index (κ2) is 7.85. The zero-order valence-electron chi connectivity index (χ0n) is 17.4. The summed E-state index contributed by atoms with van der Waals surface area (Å²) in [6, 6.07) is 18.6. The van der Waals surface area contributed by atoms with Crippen molar-refractivity contribution >= 4 is 22.5 Å². The molecule has 0 spiro atoms. The van der Waals surface area contributed by atoms with Crippen LogP contribution in [0.2, 0.25) is 0 Å². The van der Waals surface area contributed by atoms with E-state index >= 15 is 0 Å². The van der Waals surface area contributed by atoms with E-state index in [4.69, 9.17) is 4.84 Å². The Labute approximate surface area is 180 Å². The van der Waals surface area contributed by atoms with Gasteiger partial charge >= 0.3 is 0 Å². The van der Waals surface area contributed by atoms with E-state index in [-0.39, 0.29) is 11.9 Å². The van der Waals surface area contributed by atoms with Gasteiger partial charge in [0, 0.05) is 30.6 Å². The molecule has 7 heteroatoms. The Hall–Kier alpha value is -3.71. The van der Waals surface area contributed by atoms with Crippen molar-refractivity contribution < 1.29 is 9.63 Å². The van der Waals surface area contributed by atoms with Crippen LogP contribution in [0.5, 0.6) is 0 Å². The molecule has 2 aromatic carbocycles. The number of carbonyl (C=O) groups is 1. The third kappa shape index (κ3) is 3.43.